The van der Waals surface area contributed by atoms with Crippen molar-refractivity contribution in [1.29, 1.82) is 0 Å². The van der Waals surface area contributed by atoms with E-state index in [0.29, 0.717) is 25.7 Å². The lowest BCUT2D eigenvalue weighted by Gasteiger charge is -2.11. The number of carbonyl (C=O) groups is 1. The lowest BCUT2D eigenvalue weighted by molar-refractivity contribution is -0.116. The third kappa shape index (κ3) is 4.94. The van der Waals surface area contributed by atoms with E-state index in [0.717, 1.165) is 17.7 Å². The highest BCUT2D eigenvalue weighted by molar-refractivity contribution is 5.90. The number of rotatable bonds is 7. The Bertz CT molecular complexity index is 428. The van der Waals surface area contributed by atoms with Crippen LogP contribution in [0.1, 0.15) is 44.1 Å². The molecule has 4 nitrogen and oxygen atoms in total. The Morgan fingerprint density at radius 1 is 1.35 bits per heavy atom. The molecule has 1 aliphatic rings. The summed E-state index contributed by atoms with van der Waals surface area (Å²) in [5.41, 5.74) is 7.41. The summed E-state index contributed by atoms with van der Waals surface area (Å²) < 4.78 is 5.74. The summed E-state index contributed by atoms with van der Waals surface area (Å²) in [6.45, 7) is 1.17. The molecule has 2 rings (SSSR count). The molecule has 20 heavy (non-hydrogen) atoms. The van der Waals surface area contributed by atoms with E-state index in [2.05, 4.69) is 5.32 Å². The van der Waals surface area contributed by atoms with Crippen molar-refractivity contribution in [3.05, 3.63) is 29.8 Å². The number of benzene rings is 1. The van der Waals surface area contributed by atoms with Crippen LogP contribution in [0.25, 0.3) is 0 Å². The Hall–Kier alpha value is -1.39. The first kappa shape index (κ1) is 15.0. The number of ether oxygens (including phenoxy) is 1. The molecule has 1 amide bonds. The normalized spacial score (nSPS) is 15.4. The van der Waals surface area contributed by atoms with Crippen LogP contribution in [0, 0.1) is 0 Å². The van der Waals surface area contributed by atoms with Crippen molar-refractivity contribution in [3.63, 3.8) is 0 Å². The molecule has 1 aromatic rings. The van der Waals surface area contributed by atoms with Crippen LogP contribution in [-0.2, 0) is 16.1 Å². The molecule has 4 heteroatoms. The average molecular weight is 276 g/mol. The monoisotopic (exact) mass is 276 g/mol. The van der Waals surface area contributed by atoms with Crippen molar-refractivity contribution in [2.75, 3.05) is 11.9 Å². The van der Waals surface area contributed by atoms with E-state index in [1.165, 1.54) is 25.7 Å². The van der Waals surface area contributed by atoms with Crippen LogP contribution in [0.15, 0.2) is 24.3 Å². The Kier molecular flexibility index (Phi) is 6.02. The summed E-state index contributed by atoms with van der Waals surface area (Å²) in [6, 6.07) is 7.64. The van der Waals surface area contributed by atoms with E-state index in [9.17, 15) is 4.79 Å². The van der Waals surface area contributed by atoms with Crippen LogP contribution in [0.2, 0.25) is 0 Å². The zero-order valence-corrected chi connectivity index (χ0v) is 11.9. The topological polar surface area (TPSA) is 64.3 Å². The zero-order valence-electron chi connectivity index (χ0n) is 11.9. The Morgan fingerprint density at radius 3 is 2.90 bits per heavy atom. The Morgan fingerprint density at radius 2 is 2.15 bits per heavy atom. The van der Waals surface area contributed by atoms with Gasteiger partial charge in [0.2, 0.25) is 5.91 Å². The molecule has 0 bridgehead atoms. The highest BCUT2D eigenvalue weighted by atomic mass is 16.5. The van der Waals surface area contributed by atoms with Gasteiger partial charge in [-0.25, -0.2) is 0 Å². The summed E-state index contributed by atoms with van der Waals surface area (Å²) in [7, 11) is 0. The number of hydrogen-bond donors (Lipinski definition) is 2. The maximum absolute atomic E-state index is 11.8. The van der Waals surface area contributed by atoms with Gasteiger partial charge in [-0.1, -0.05) is 25.0 Å². The van der Waals surface area contributed by atoms with E-state index in [4.69, 9.17) is 10.5 Å². The molecule has 0 aliphatic heterocycles. The summed E-state index contributed by atoms with van der Waals surface area (Å²) in [5.74, 6) is 0.0363. The standard InChI is InChI=1S/C16H24N2O2/c17-12-13-5-3-6-14(11-13)18-16(19)9-4-10-20-15-7-1-2-8-15/h3,5-6,11,15H,1-2,4,7-10,12,17H2,(H,18,19). The van der Waals surface area contributed by atoms with Gasteiger partial charge in [0.05, 0.1) is 6.10 Å². The minimum absolute atomic E-state index is 0.0363. The number of hydrogen-bond acceptors (Lipinski definition) is 3. The molecule has 3 N–H and O–H groups in total. The molecule has 1 aromatic carbocycles. The highest BCUT2D eigenvalue weighted by Crippen LogP contribution is 2.21. The van der Waals surface area contributed by atoms with E-state index in [1.807, 2.05) is 24.3 Å². The van der Waals surface area contributed by atoms with Gasteiger partial charge in [-0.05, 0) is 37.0 Å². The third-order valence-corrected chi connectivity index (χ3v) is 3.65. The fraction of sp³-hybridized carbons (Fsp3) is 0.562. The number of carbonyl (C=O) groups excluding carboxylic acids is 1. The Labute approximate surface area is 120 Å². The largest absolute Gasteiger partial charge is 0.378 e. The number of nitrogens with one attached hydrogen (secondary N) is 1. The summed E-state index contributed by atoms with van der Waals surface area (Å²) >= 11 is 0. The predicted molar refractivity (Wildman–Crippen MR) is 80.4 cm³/mol. The number of anilines is 1. The van der Waals surface area contributed by atoms with Crippen molar-refractivity contribution < 1.29 is 9.53 Å². The molecular weight excluding hydrogens is 252 g/mol. The molecule has 110 valence electrons. The van der Waals surface area contributed by atoms with E-state index >= 15 is 0 Å². The first-order chi connectivity index (χ1) is 9.78. The van der Waals surface area contributed by atoms with Gasteiger partial charge in [0.15, 0.2) is 0 Å². The van der Waals surface area contributed by atoms with E-state index < -0.39 is 0 Å². The minimum Gasteiger partial charge on any atom is -0.378 e. The summed E-state index contributed by atoms with van der Waals surface area (Å²) in [4.78, 5) is 11.8. The fourth-order valence-electron chi connectivity index (χ4n) is 2.54. The molecule has 1 aliphatic carbocycles. The second-order valence-corrected chi connectivity index (χ2v) is 5.33. The van der Waals surface area contributed by atoms with Crippen molar-refractivity contribution in [2.45, 2.75) is 51.2 Å². The average Bonchev–Trinajstić information content (AvgIpc) is 2.97. The molecule has 0 atom stereocenters. The SMILES string of the molecule is NCc1cccc(NC(=O)CCCOC2CCCC2)c1. The van der Waals surface area contributed by atoms with E-state index in [-0.39, 0.29) is 5.91 Å². The van der Waals surface area contributed by atoms with Crippen LogP contribution in [0.3, 0.4) is 0 Å². The van der Waals surface area contributed by atoms with Crippen LogP contribution in [0.5, 0.6) is 0 Å². The zero-order chi connectivity index (χ0) is 14.2. The fourth-order valence-corrected chi connectivity index (χ4v) is 2.54. The van der Waals surface area contributed by atoms with Gasteiger partial charge in [0.1, 0.15) is 0 Å². The first-order valence-corrected chi connectivity index (χ1v) is 7.48. The molecular formula is C16H24N2O2. The molecule has 0 unspecified atom stereocenters. The van der Waals surface area contributed by atoms with Gasteiger partial charge in [0, 0.05) is 25.3 Å². The predicted octanol–water partition coefficient (Wildman–Crippen LogP) is 2.82. The van der Waals surface area contributed by atoms with Crippen molar-refractivity contribution >= 4 is 11.6 Å². The summed E-state index contributed by atoms with van der Waals surface area (Å²) in [6.07, 6.45) is 6.62. The van der Waals surface area contributed by atoms with Crippen LogP contribution in [-0.4, -0.2) is 18.6 Å². The van der Waals surface area contributed by atoms with Crippen LogP contribution in [0.4, 0.5) is 5.69 Å². The van der Waals surface area contributed by atoms with Crippen LogP contribution < -0.4 is 11.1 Å². The molecule has 0 saturated heterocycles. The quantitative estimate of drug-likeness (QED) is 0.753. The molecule has 0 aromatic heterocycles. The van der Waals surface area contributed by atoms with Gasteiger partial charge in [-0.2, -0.15) is 0 Å². The van der Waals surface area contributed by atoms with Crippen LogP contribution >= 0.6 is 0 Å². The third-order valence-electron chi connectivity index (χ3n) is 3.65. The van der Waals surface area contributed by atoms with Gasteiger partial charge in [-0.3, -0.25) is 4.79 Å². The molecule has 1 fully saturated rings. The summed E-state index contributed by atoms with van der Waals surface area (Å²) in [5, 5.41) is 2.90. The van der Waals surface area contributed by atoms with Crippen molar-refractivity contribution in [1.82, 2.24) is 0 Å². The molecule has 0 spiro atoms. The lowest BCUT2D eigenvalue weighted by Crippen LogP contribution is -2.14. The second kappa shape index (κ2) is 8.02. The smallest absolute Gasteiger partial charge is 0.224 e. The number of amides is 1. The van der Waals surface area contributed by atoms with E-state index in [1.54, 1.807) is 0 Å². The Balaban J connectivity index is 1.64. The second-order valence-electron chi connectivity index (χ2n) is 5.33. The van der Waals surface area contributed by atoms with Gasteiger partial charge in [-0.15, -0.1) is 0 Å². The minimum atomic E-state index is 0.0363. The maximum atomic E-state index is 11.8. The molecule has 1 saturated carbocycles. The van der Waals surface area contributed by atoms with Gasteiger partial charge >= 0.3 is 0 Å². The lowest BCUT2D eigenvalue weighted by atomic mass is 10.2. The molecule has 0 heterocycles. The molecule has 0 radical (unpaired) electrons. The first-order valence-electron chi connectivity index (χ1n) is 7.48. The maximum Gasteiger partial charge on any atom is 0.224 e. The highest BCUT2D eigenvalue weighted by Gasteiger charge is 2.14. The van der Waals surface area contributed by atoms with Gasteiger partial charge < -0.3 is 15.8 Å². The van der Waals surface area contributed by atoms with Gasteiger partial charge in [0.25, 0.3) is 0 Å². The van der Waals surface area contributed by atoms with Crippen molar-refractivity contribution in [3.8, 4) is 0 Å². The number of nitrogens with two attached hydrogens (primary N) is 1. The van der Waals surface area contributed by atoms with Crippen molar-refractivity contribution in [2.24, 2.45) is 5.73 Å².